The molecule has 1 atom stereocenters. The molecule has 1 aliphatic rings. The van der Waals surface area contributed by atoms with Gasteiger partial charge in [-0.15, -0.1) is 0 Å². The number of rotatable bonds is 7. The molecule has 3 heterocycles. The minimum atomic E-state index is -0.195. The third-order valence-electron chi connectivity index (χ3n) is 7.05. The Labute approximate surface area is 215 Å². The van der Waals surface area contributed by atoms with Gasteiger partial charge in [-0.05, 0) is 16.7 Å². The van der Waals surface area contributed by atoms with E-state index in [2.05, 4.69) is 58.1 Å². The van der Waals surface area contributed by atoms with Gasteiger partial charge in [-0.3, -0.25) is 4.79 Å². The van der Waals surface area contributed by atoms with Gasteiger partial charge in [0.1, 0.15) is 12.3 Å². The predicted octanol–water partition coefficient (Wildman–Crippen LogP) is 5.17. The van der Waals surface area contributed by atoms with Crippen LogP contribution in [0.4, 0.5) is 0 Å². The Kier molecular flexibility index (Phi) is 6.16. The highest BCUT2D eigenvalue weighted by Crippen LogP contribution is 2.43. The molecule has 184 valence electrons. The fraction of sp³-hybridized carbons (Fsp3) is 0.161. The molecular formula is C31H27N3O3. The summed E-state index contributed by atoms with van der Waals surface area (Å²) in [5.74, 6) is 0.890. The molecule has 0 fully saturated rings. The Balaban J connectivity index is 1.54. The standard InChI is InChI=1S/C31H27N3O3/c35-20-25-18-32-31-29-30(37-21-22-10-4-1-5-11-22)27(36)16-17-33(29)26(19-34(25)31)28(23-12-6-2-7-13-23)24-14-8-3-9-15-24/h1-18,26,28,35H,19-21H2/t26-/m1/s1. The maximum Gasteiger partial charge on any atom is 0.224 e. The number of hydrogen-bond acceptors (Lipinski definition) is 4. The molecule has 0 radical (unpaired) electrons. The predicted molar refractivity (Wildman–Crippen MR) is 142 cm³/mol. The summed E-state index contributed by atoms with van der Waals surface area (Å²) in [6, 6.07) is 32.1. The van der Waals surface area contributed by atoms with Crippen molar-refractivity contribution in [3.63, 3.8) is 0 Å². The second-order valence-corrected chi connectivity index (χ2v) is 9.25. The van der Waals surface area contributed by atoms with E-state index in [0.29, 0.717) is 23.8 Å². The van der Waals surface area contributed by atoms with E-state index in [1.54, 1.807) is 12.3 Å². The molecule has 0 amide bonds. The molecule has 6 rings (SSSR count). The van der Waals surface area contributed by atoms with E-state index in [1.165, 1.54) is 11.1 Å². The zero-order valence-electron chi connectivity index (χ0n) is 20.3. The van der Waals surface area contributed by atoms with Crippen LogP contribution in [0, 0.1) is 0 Å². The minimum Gasteiger partial charge on any atom is -0.483 e. The van der Waals surface area contributed by atoms with Crippen molar-refractivity contribution in [3.8, 4) is 17.3 Å². The van der Waals surface area contributed by atoms with Crippen LogP contribution in [0.3, 0.4) is 0 Å². The van der Waals surface area contributed by atoms with Gasteiger partial charge in [-0.2, -0.15) is 0 Å². The van der Waals surface area contributed by atoms with Crippen molar-refractivity contribution < 1.29 is 9.84 Å². The summed E-state index contributed by atoms with van der Waals surface area (Å²) in [5.41, 5.74) is 4.46. The van der Waals surface area contributed by atoms with Gasteiger partial charge in [0, 0.05) is 24.7 Å². The number of fused-ring (bicyclic) bond motifs is 3. The second-order valence-electron chi connectivity index (χ2n) is 9.25. The summed E-state index contributed by atoms with van der Waals surface area (Å²) in [4.78, 5) is 17.8. The van der Waals surface area contributed by atoms with E-state index < -0.39 is 0 Å². The normalized spacial score (nSPS) is 14.3. The lowest BCUT2D eigenvalue weighted by Crippen LogP contribution is -2.32. The minimum absolute atomic E-state index is 0.00674. The lowest BCUT2D eigenvalue weighted by Gasteiger charge is -2.37. The first-order valence-corrected chi connectivity index (χ1v) is 12.4. The Morgan fingerprint density at radius 3 is 2.14 bits per heavy atom. The third-order valence-corrected chi connectivity index (χ3v) is 7.05. The zero-order chi connectivity index (χ0) is 25.2. The molecule has 0 bridgehead atoms. The van der Waals surface area contributed by atoms with Crippen LogP contribution in [0.5, 0.6) is 5.75 Å². The monoisotopic (exact) mass is 489 g/mol. The lowest BCUT2D eigenvalue weighted by molar-refractivity contribution is 0.261. The Morgan fingerprint density at radius 2 is 1.51 bits per heavy atom. The molecule has 1 aliphatic heterocycles. The molecule has 0 aliphatic carbocycles. The van der Waals surface area contributed by atoms with Gasteiger partial charge in [0.25, 0.3) is 0 Å². The summed E-state index contributed by atoms with van der Waals surface area (Å²) < 4.78 is 10.4. The number of nitrogens with zero attached hydrogens (tertiary/aromatic N) is 3. The van der Waals surface area contributed by atoms with Crippen LogP contribution in [0.15, 0.2) is 114 Å². The topological polar surface area (TPSA) is 69.3 Å². The maximum absolute atomic E-state index is 13.2. The van der Waals surface area contributed by atoms with Crippen molar-refractivity contribution >= 4 is 0 Å². The van der Waals surface area contributed by atoms with Crippen LogP contribution < -0.4 is 10.2 Å². The number of aliphatic hydroxyl groups excluding tert-OH is 1. The van der Waals surface area contributed by atoms with Crippen molar-refractivity contribution in [2.45, 2.75) is 31.7 Å². The average Bonchev–Trinajstić information content (AvgIpc) is 3.37. The number of pyridine rings is 1. The number of benzene rings is 3. The molecule has 37 heavy (non-hydrogen) atoms. The Bertz CT molecular complexity index is 1520. The summed E-state index contributed by atoms with van der Waals surface area (Å²) in [6.07, 6.45) is 3.54. The van der Waals surface area contributed by atoms with E-state index in [9.17, 15) is 9.90 Å². The molecule has 5 aromatic rings. The van der Waals surface area contributed by atoms with Gasteiger partial charge in [0.15, 0.2) is 11.6 Å². The third kappa shape index (κ3) is 4.26. The van der Waals surface area contributed by atoms with Crippen molar-refractivity contribution in [3.05, 3.63) is 142 Å². The highest BCUT2D eigenvalue weighted by molar-refractivity contribution is 5.62. The summed E-state index contributed by atoms with van der Waals surface area (Å²) in [5, 5.41) is 10.1. The van der Waals surface area contributed by atoms with Gasteiger partial charge in [-0.1, -0.05) is 91.0 Å². The molecular weight excluding hydrogens is 462 g/mol. The van der Waals surface area contributed by atoms with Crippen molar-refractivity contribution in [2.24, 2.45) is 0 Å². The molecule has 2 aromatic heterocycles. The van der Waals surface area contributed by atoms with Crippen LogP contribution in [0.25, 0.3) is 11.5 Å². The summed E-state index contributed by atoms with van der Waals surface area (Å²) in [6.45, 7) is 0.720. The molecule has 6 heteroatoms. The van der Waals surface area contributed by atoms with Crippen LogP contribution in [0.1, 0.15) is 34.3 Å². The van der Waals surface area contributed by atoms with Gasteiger partial charge < -0.3 is 19.0 Å². The fourth-order valence-corrected chi connectivity index (χ4v) is 5.32. The van der Waals surface area contributed by atoms with Gasteiger partial charge in [0.2, 0.25) is 5.43 Å². The van der Waals surface area contributed by atoms with Gasteiger partial charge >= 0.3 is 0 Å². The van der Waals surface area contributed by atoms with Gasteiger partial charge in [-0.25, -0.2) is 4.98 Å². The smallest absolute Gasteiger partial charge is 0.224 e. The van der Waals surface area contributed by atoms with E-state index >= 15 is 0 Å². The van der Waals surface area contributed by atoms with Crippen molar-refractivity contribution in [2.75, 3.05) is 0 Å². The largest absolute Gasteiger partial charge is 0.483 e. The quantitative estimate of drug-likeness (QED) is 0.343. The molecule has 0 saturated heterocycles. The first kappa shape index (κ1) is 23.0. The highest BCUT2D eigenvalue weighted by atomic mass is 16.5. The fourth-order valence-electron chi connectivity index (χ4n) is 5.32. The number of aliphatic hydroxyl groups is 1. The lowest BCUT2D eigenvalue weighted by atomic mass is 9.83. The van der Waals surface area contributed by atoms with Crippen molar-refractivity contribution in [1.29, 1.82) is 0 Å². The molecule has 0 unspecified atom stereocenters. The molecule has 6 nitrogen and oxygen atoms in total. The first-order valence-electron chi connectivity index (χ1n) is 12.4. The maximum atomic E-state index is 13.2. The van der Waals surface area contributed by atoms with E-state index in [4.69, 9.17) is 4.74 Å². The average molecular weight is 490 g/mol. The molecule has 3 aromatic carbocycles. The Morgan fingerprint density at radius 1 is 0.892 bits per heavy atom. The van der Waals surface area contributed by atoms with E-state index in [-0.39, 0.29) is 36.4 Å². The van der Waals surface area contributed by atoms with E-state index in [1.807, 2.05) is 53.2 Å². The molecule has 0 spiro atoms. The SMILES string of the molecule is O=c1ccn2c(c1OCc1ccccc1)-c1ncc(CO)n1C[C@@H]2C(c1ccccc1)c1ccccc1. The number of imidazole rings is 1. The first-order chi connectivity index (χ1) is 18.2. The van der Waals surface area contributed by atoms with Gasteiger partial charge in [0.05, 0.1) is 24.5 Å². The summed E-state index contributed by atoms with van der Waals surface area (Å²) in [7, 11) is 0. The zero-order valence-corrected chi connectivity index (χ0v) is 20.3. The summed E-state index contributed by atoms with van der Waals surface area (Å²) >= 11 is 0. The number of aromatic nitrogens is 3. The van der Waals surface area contributed by atoms with Crippen LogP contribution >= 0.6 is 0 Å². The Hall–Kier alpha value is -4.42. The van der Waals surface area contributed by atoms with E-state index in [0.717, 1.165) is 5.56 Å². The van der Waals surface area contributed by atoms with Crippen LogP contribution in [-0.4, -0.2) is 19.2 Å². The number of hydrogen-bond donors (Lipinski definition) is 1. The molecule has 1 N–H and O–H groups in total. The highest BCUT2D eigenvalue weighted by Gasteiger charge is 2.36. The van der Waals surface area contributed by atoms with Crippen LogP contribution in [-0.2, 0) is 19.8 Å². The molecule has 0 saturated carbocycles. The second kappa shape index (κ2) is 9.91. The number of ether oxygens (including phenoxy) is 1. The van der Waals surface area contributed by atoms with Crippen molar-refractivity contribution in [1.82, 2.24) is 14.1 Å². The van der Waals surface area contributed by atoms with Crippen LogP contribution in [0.2, 0.25) is 0 Å².